The molecule has 0 amide bonds. The third-order valence-electron chi connectivity index (χ3n) is 2.94. The minimum Gasteiger partial charge on any atom is -0.492 e. The lowest BCUT2D eigenvalue weighted by molar-refractivity contribution is 0.104. The second-order valence-electron chi connectivity index (χ2n) is 4.32. The maximum atomic E-state index is 12.5. The molecule has 0 bridgehead atoms. The van der Waals surface area contributed by atoms with Crippen LogP contribution in [0.2, 0.25) is 0 Å². The summed E-state index contributed by atoms with van der Waals surface area (Å²) in [6.07, 6.45) is 3.19. The summed E-state index contributed by atoms with van der Waals surface area (Å²) in [5.41, 5.74) is 0.558. The van der Waals surface area contributed by atoms with Crippen molar-refractivity contribution in [3.05, 3.63) is 59.2 Å². The van der Waals surface area contributed by atoms with Crippen molar-refractivity contribution in [1.82, 2.24) is 4.98 Å². The number of hydrogen-bond donors (Lipinski definition) is 0. The zero-order valence-electron chi connectivity index (χ0n) is 11.0. The largest absolute Gasteiger partial charge is 0.492 e. The first-order valence-corrected chi connectivity index (χ1v) is 7.20. The smallest absolute Gasteiger partial charge is 0.204 e. The fraction of sp³-hybridized carbons (Fsp3) is 0.125. The number of pyridine rings is 1. The van der Waals surface area contributed by atoms with E-state index in [2.05, 4.69) is 4.98 Å². The third kappa shape index (κ3) is 2.42. The lowest BCUT2D eigenvalue weighted by Crippen LogP contribution is -2.01. The Kier molecular flexibility index (Phi) is 3.48. The van der Waals surface area contributed by atoms with Crippen molar-refractivity contribution in [3.8, 4) is 5.75 Å². The molecule has 3 rings (SSSR count). The summed E-state index contributed by atoms with van der Waals surface area (Å²) in [5.74, 6) is 0.611. The first-order chi connectivity index (χ1) is 9.78. The van der Waals surface area contributed by atoms with Gasteiger partial charge in [0.25, 0.3) is 0 Å². The lowest BCUT2D eigenvalue weighted by Gasteiger charge is -2.03. The summed E-state index contributed by atoms with van der Waals surface area (Å²) in [7, 11) is 0. The van der Waals surface area contributed by atoms with Crippen LogP contribution < -0.4 is 4.74 Å². The summed E-state index contributed by atoms with van der Waals surface area (Å²) in [6.45, 7) is 2.46. The molecule has 0 spiro atoms. The Morgan fingerprint density at radius 3 is 2.90 bits per heavy atom. The van der Waals surface area contributed by atoms with Crippen molar-refractivity contribution < 1.29 is 9.53 Å². The number of hydrogen-bond acceptors (Lipinski definition) is 4. The van der Waals surface area contributed by atoms with E-state index in [9.17, 15) is 4.79 Å². The van der Waals surface area contributed by atoms with E-state index in [0.717, 1.165) is 15.0 Å². The molecule has 0 saturated heterocycles. The molecule has 0 aliphatic rings. The summed E-state index contributed by atoms with van der Waals surface area (Å²) >= 11 is 1.50. The minimum atomic E-state index is -0.0137. The van der Waals surface area contributed by atoms with E-state index >= 15 is 0 Å². The zero-order valence-corrected chi connectivity index (χ0v) is 11.8. The van der Waals surface area contributed by atoms with Gasteiger partial charge in [0.1, 0.15) is 5.75 Å². The van der Waals surface area contributed by atoms with E-state index in [1.165, 1.54) is 11.3 Å². The highest BCUT2D eigenvalue weighted by Gasteiger charge is 2.13. The Bertz CT molecular complexity index is 731. The first kappa shape index (κ1) is 12.8. The molecule has 100 valence electrons. The van der Waals surface area contributed by atoms with Crippen LogP contribution in [0, 0.1) is 0 Å². The number of thiophene rings is 1. The van der Waals surface area contributed by atoms with Crippen LogP contribution in [-0.4, -0.2) is 17.4 Å². The number of ketones is 1. The van der Waals surface area contributed by atoms with Gasteiger partial charge >= 0.3 is 0 Å². The van der Waals surface area contributed by atoms with E-state index in [0.29, 0.717) is 17.9 Å². The van der Waals surface area contributed by atoms with Gasteiger partial charge in [0.05, 0.1) is 17.7 Å². The van der Waals surface area contributed by atoms with Gasteiger partial charge in [-0.3, -0.25) is 9.78 Å². The van der Waals surface area contributed by atoms with Crippen LogP contribution in [0.25, 0.3) is 10.1 Å². The van der Waals surface area contributed by atoms with Crippen LogP contribution in [0.5, 0.6) is 5.75 Å². The van der Waals surface area contributed by atoms with Gasteiger partial charge in [0.15, 0.2) is 0 Å². The molecule has 3 nitrogen and oxygen atoms in total. The van der Waals surface area contributed by atoms with Crippen molar-refractivity contribution in [1.29, 1.82) is 0 Å². The Balaban J connectivity index is 1.97. The van der Waals surface area contributed by atoms with Crippen molar-refractivity contribution >= 4 is 27.2 Å². The Morgan fingerprint density at radius 1 is 1.25 bits per heavy atom. The van der Waals surface area contributed by atoms with Gasteiger partial charge in [-0.25, -0.2) is 0 Å². The molecule has 3 aromatic rings. The normalized spacial score (nSPS) is 10.7. The summed E-state index contributed by atoms with van der Waals surface area (Å²) in [4.78, 5) is 17.3. The standard InChI is InChI=1S/C16H13NO2S/c1-2-19-13-7-12(9-17-10-13)16(18)15-8-11-5-3-4-6-14(11)20-15/h3-10H,2H2,1H3. The fourth-order valence-corrected chi connectivity index (χ4v) is 3.05. The van der Waals surface area contributed by atoms with Crippen LogP contribution >= 0.6 is 11.3 Å². The van der Waals surface area contributed by atoms with E-state index < -0.39 is 0 Å². The number of ether oxygens (including phenoxy) is 1. The molecule has 4 heteroatoms. The minimum absolute atomic E-state index is 0.0137. The van der Waals surface area contributed by atoms with Crippen LogP contribution in [0.15, 0.2) is 48.8 Å². The van der Waals surface area contributed by atoms with Crippen LogP contribution in [-0.2, 0) is 0 Å². The predicted octanol–water partition coefficient (Wildman–Crippen LogP) is 3.93. The molecule has 0 N–H and O–H groups in total. The van der Waals surface area contributed by atoms with E-state index in [1.807, 2.05) is 37.3 Å². The third-order valence-corrected chi connectivity index (χ3v) is 4.05. The van der Waals surface area contributed by atoms with Gasteiger partial charge in [0, 0.05) is 16.5 Å². The number of fused-ring (bicyclic) bond motifs is 1. The molecule has 0 radical (unpaired) electrons. The average Bonchev–Trinajstić information content (AvgIpc) is 2.91. The molecule has 20 heavy (non-hydrogen) atoms. The highest BCUT2D eigenvalue weighted by atomic mass is 32.1. The predicted molar refractivity (Wildman–Crippen MR) is 80.7 cm³/mol. The maximum absolute atomic E-state index is 12.5. The van der Waals surface area contributed by atoms with Gasteiger partial charge in [-0.15, -0.1) is 11.3 Å². The summed E-state index contributed by atoms with van der Waals surface area (Å²) in [6, 6.07) is 11.6. The zero-order chi connectivity index (χ0) is 13.9. The maximum Gasteiger partial charge on any atom is 0.204 e. The number of rotatable bonds is 4. The topological polar surface area (TPSA) is 39.2 Å². The van der Waals surface area contributed by atoms with Crippen LogP contribution in [0.4, 0.5) is 0 Å². The van der Waals surface area contributed by atoms with Crippen molar-refractivity contribution in [2.75, 3.05) is 6.61 Å². The van der Waals surface area contributed by atoms with Crippen LogP contribution in [0.3, 0.4) is 0 Å². The van der Waals surface area contributed by atoms with E-state index in [1.54, 1.807) is 18.5 Å². The molecule has 0 aliphatic heterocycles. The number of carbonyl (C=O) groups excluding carboxylic acids is 1. The van der Waals surface area contributed by atoms with Gasteiger partial charge < -0.3 is 4.74 Å². The molecule has 0 aliphatic carbocycles. The Hall–Kier alpha value is -2.20. The summed E-state index contributed by atoms with van der Waals surface area (Å²) in [5, 5.41) is 1.09. The molecule has 0 fully saturated rings. The molecular weight excluding hydrogens is 270 g/mol. The molecule has 2 heterocycles. The molecule has 0 saturated carbocycles. The molecule has 2 aromatic heterocycles. The molecule has 0 unspecified atom stereocenters. The van der Waals surface area contributed by atoms with Gasteiger partial charge in [-0.2, -0.15) is 0 Å². The molecule has 0 atom stereocenters. The van der Waals surface area contributed by atoms with Crippen molar-refractivity contribution in [2.45, 2.75) is 6.92 Å². The van der Waals surface area contributed by atoms with Crippen molar-refractivity contribution in [2.24, 2.45) is 0 Å². The first-order valence-electron chi connectivity index (χ1n) is 6.39. The number of carbonyl (C=O) groups is 1. The van der Waals surface area contributed by atoms with Gasteiger partial charge in [0.2, 0.25) is 5.78 Å². The number of nitrogens with zero attached hydrogens (tertiary/aromatic N) is 1. The average molecular weight is 283 g/mol. The molecular formula is C16H13NO2S. The van der Waals surface area contributed by atoms with E-state index in [4.69, 9.17) is 4.74 Å². The summed E-state index contributed by atoms with van der Waals surface area (Å²) < 4.78 is 6.50. The number of aromatic nitrogens is 1. The SMILES string of the molecule is CCOc1cncc(C(=O)c2cc3ccccc3s2)c1. The second kappa shape index (κ2) is 5.43. The quantitative estimate of drug-likeness (QED) is 0.681. The highest BCUT2D eigenvalue weighted by molar-refractivity contribution is 7.21. The lowest BCUT2D eigenvalue weighted by atomic mass is 10.1. The second-order valence-corrected chi connectivity index (χ2v) is 5.40. The fourth-order valence-electron chi connectivity index (χ4n) is 2.02. The Labute approximate surface area is 120 Å². The van der Waals surface area contributed by atoms with Gasteiger partial charge in [-0.05, 0) is 30.5 Å². The highest BCUT2D eigenvalue weighted by Crippen LogP contribution is 2.27. The monoisotopic (exact) mass is 283 g/mol. The van der Waals surface area contributed by atoms with Gasteiger partial charge in [-0.1, -0.05) is 18.2 Å². The van der Waals surface area contributed by atoms with E-state index in [-0.39, 0.29) is 5.78 Å². The Morgan fingerprint density at radius 2 is 2.10 bits per heavy atom. The number of benzene rings is 1. The molecule has 1 aromatic carbocycles. The van der Waals surface area contributed by atoms with Crippen molar-refractivity contribution in [3.63, 3.8) is 0 Å². The van der Waals surface area contributed by atoms with Crippen LogP contribution in [0.1, 0.15) is 22.2 Å².